The molecule has 0 unspecified atom stereocenters. The first-order chi connectivity index (χ1) is 21.8. The van der Waals surface area contributed by atoms with E-state index in [0.717, 1.165) is 0 Å². The summed E-state index contributed by atoms with van der Waals surface area (Å²) < 4.78 is 227. The van der Waals surface area contributed by atoms with Gasteiger partial charge in [-0.15, -0.1) is 0 Å². The molecule has 264 valence electrons. The molecule has 0 heterocycles. The summed E-state index contributed by atoms with van der Waals surface area (Å²) in [6, 6.07) is 1.33. The Kier molecular flexibility index (Phi) is 12.1. The van der Waals surface area contributed by atoms with Crippen molar-refractivity contribution >= 4 is 29.0 Å². The van der Waals surface area contributed by atoms with Crippen molar-refractivity contribution in [2.24, 2.45) is 0 Å². The Morgan fingerprint density at radius 2 is 0.854 bits per heavy atom. The molecule has 0 fully saturated rings. The molecule has 0 N–H and O–H groups in total. The first-order valence-corrected chi connectivity index (χ1v) is 16.7. The fourth-order valence-corrected chi connectivity index (χ4v) is 7.33. The predicted octanol–water partition coefficient (Wildman–Crippen LogP) is 10.2. The second-order valence-electron chi connectivity index (χ2n) is 9.47. The van der Waals surface area contributed by atoms with Crippen LogP contribution in [0.2, 0.25) is 0 Å². The van der Waals surface area contributed by atoms with Gasteiger partial charge in [-0.25, -0.2) is 0 Å². The topological polar surface area (TPSA) is 44.8 Å². The van der Waals surface area contributed by atoms with Crippen LogP contribution in [-0.4, -0.2) is 29.0 Å². The summed E-state index contributed by atoms with van der Waals surface area (Å²) in [4.78, 5) is 12.7. The molecule has 0 aliphatic carbocycles. The van der Waals surface area contributed by atoms with Gasteiger partial charge in [0.1, 0.15) is 0 Å². The van der Waals surface area contributed by atoms with Gasteiger partial charge in [-0.1, -0.05) is 0 Å². The van der Waals surface area contributed by atoms with Crippen LogP contribution in [0.5, 0.6) is 0 Å². The number of carbonyl (C=O) groups excluding carboxylic acids is 1. The van der Waals surface area contributed by atoms with Gasteiger partial charge in [-0.3, -0.25) is 0 Å². The average molecular weight is 916 g/mol. The molecule has 48 heavy (non-hydrogen) atoms. The van der Waals surface area contributed by atoms with Gasteiger partial charge in [-0.2, -0.15) is 0 Å². The fourth-order valence-electron chi connectivity index (χ4n) is 3.72. The summed E-state index contributed by atoms with van der Waals surface area (Å²) in [5.74, 6) is -1.97. The van der Waals surface area contributed by atoms with Crippen molar-refractivity contribution in [2.75, 3.05) is 0 Å². The van der Waals surface area contributed by atoms with Gasteiger partial charge in [0.2, 0.25) is 0 Å². The Hall–Kier alpha value is -3.19. The molecule has 3 aromatic rings. The summed E-state index contributed by atoms with van der Waals surface area (Å²) in [5, 5.41) is 0. The van der Waals surface area contributed by atoms with Crippen LogP contribution in [-0.2, 0) is 46.4 Å². The van der Waals surface area contributed by atoms with E-state index < -0.39 is 130 Å². The van der Waals surface area contributed by atoms with Crippen molar-refractivity contribution in [3.05, 3.63) is 105 Å². The first kappa shape index (κ1) is 39.3. The molecule has 0 amide bonds. The van der Waals surface area contributed by atoms with Gasteiger partial charge in [0.15, 0.2) is 0 Å². The minimum atomic E-state index is -5.43. The zero-order chi connectivity index (χ0) is 36.4. The Morgan fingerprint density at radius 3 is 1.17 bits per heavy atom. The molecule has 0 saturated heterocycles. The first-order valence-electron chi connectivity index (χ1n) is 12.4. The summed E-state index contributed by atoms with van der Waals surface area (Å²) in [5.41, 5.74) is -12.2. The van der Waals surface area contributed by atoms with Crippen molar-refractivity contribution in [1.29, 1.82) is 0 Å². The third-order valence-electron chi connectivity index (χ3n) is 5.84. The number of rotatable bonds is 10. The molecule has 0 bridgehead atoms. The van der Waals surface area contributed by atoms with E-state index in [2.05, 4.69) is 0 Å². The van der Waals surface area contributed by atoms with E-state index in [9.17, 15) is 75.0 Å². The molecular formula is C27H15BiF16O4. The van der Waals surface area contributed by atoms with E-state index >= 15 is 0 Å². The summed E-state index contributed by atoms with van der Waals surface area (Å²) in [7, 11) is 0. The third-order valence-corrected chi connectivity index (χ3v) is 9.71. The summed E-state index contributed by atoms with van der Waals surface area (Å²) >= 11 is -5.28. The normalized spacial score (nSPS) is 13.1. The Balaban J connectivity index is 2.01. The molecule has 0 saturated carbocycles. The number of hydrogen-bond donors (Lipinski definition) is 0. The number of halogens is 16. The Bertz CT molecular complexity index is 1490. The molecular weight excluding hydrogens is 901 g/mol. The van der Waals surface area contributed by atoms with Gasteiger partial charge in [0.25, 0.3) is 0 Å². The molecule has 0 aliphatic heterocycles. The van der Waals surface area contributed by atoms with Gasteiger partial charge < -0.3 is 0 Å². The second kappa shape index (κ2) is 14.7. The summed E-state index contributed by atoms with van der Waals surface area (Å²) in [6.45, 7) is -2.31. The van der Waals surface area contributed by atoms with E-state index in [-0.39, 0.29) is 30.3 Å². The Labute approximate surface area is 267 Å². The van der Waals surface area contributed by atoms with Crippen LogP contribution in [0, 0.1) is 0 Å². The minimum absolute atomic E-state index is 0.0665. The molecule has 3 aromatic carbocycles. The predicted molar refractivity (Wildman–Crippen MR) is 130 cm³/mol. The van der Waals surface area contributed by atoms with Crippen LogP contribution >= 0.6 is 0 Å². The third kappa shape index (κ3) is 10.9. The second-order valence-corrected chi connectivity index (χ2v) is 13.9. The molecule has 0 aliphatic rings. The number of benzene rings is 3. The van der Waals surface area contributed by atoms with E-state index in [1.54, 1.807) is 0 Å². The Morgan fingerprint density at radius 1 is 0.521 bits per heavy atom. The van der Waals surface area contributed by atoms with E-state index in [0.29, 0.717) is 24.3 Å². The van der Waals surface area contributed by atoms with Crippen molar-refractivity contribution in [3.8, 4) is 0 Å². The molecule has 21 heteroatoms. The maximum absolute atomic E-state index is 13.3. The van der Waals surface area contributed by atoms with Gasteiger partial charge in [-0.05, 0) is 0 Å². The molecule has 0 radical (unpaired) electrons. The molecule has 0 aromatic heterocycles. The van der Waals surface area contributed by atoms with Crippen LogP contribution in [0.3, 0.4) is 0 Å². The summed E-state index contributed by atoms with van der Waals surface area (Å²) in [6.07, 6.45) is -28.1. The van der Waals surface area contributed by atoms with Gasteiger partial charge in [0, 0.05) is 0 Å². The van der Waals surface area contributed by atoms with E-state index in [4.69, 9.17) is 8.44 Å². The quantitative estimate of drug-likeness (QED) is 0.150. The van der Waals surface area contributed by atoms with Crippen LogP contribution in [0.15, 0.2) is 54.6 Å². The SMILES string of the molecule is O=C([O][Bi]([O]Cc1cc(C(F)F)cc(C(F)(F)F)c1)[O]Cc1cc(C(F)F)cc(C(F)(F)F)c1)c1cc(C(F)(F)F)cc(C(F)(F)F)c1. The molecule has 0 atom stereocenters. The van der Waals surface area contributed by atoms with E-state index in [1.165, 1.54) is 0 Å². The molecule has 4 nitrogen and oxygen atoms in total. The van der Waals surface area contributed by atoms with Gasteiger partial charge in [0.05, 0.1) is 0 Å². The van der Waals surface area contributed by atoms with Crippen molar-refractivity contribution in [3.63, 3.8) is 0 Å². The maximum atomic E-state index is 13.3. The molecule has 3 rings (SSSR count). The van der Waals surface area contributed by atoms with Crippen LogP contribution < -0.4 is 0 Å². The van der Waals surface area contributed by atoms with Crippen LogP contribution in [0.1, 0.15) is 67.7 Å². The van der Waals surface area contributed by atoms with Crippen LogP contribution in [0.4, 0.5) is 70.2 Å². The number of carbonyl (C=O) groups is 1. The van der Waals surface area contributed by atoms with Crippen molar-refractivity contribution in [1.82, 2.24) is 0 Å². The molecule has 0 spiro atoms. The average Bonchev–Trinajstić information content (AvgIpc) is 2.96. The van der Waals surface area contributed by atoms with Crippen LogP contribution in [0.25, 0.3) is 0 Å². The monoisotopic (exact) mass is 916 g/mol. The zero-order valence-corrected chi connectivity index (χ0v) is 26.4. The fraction of sp³-hybridized carbons (Fsp3) is 0.296. The van der Waals surface area contributed by atoms with E-state index in [1.807, 2.05) is 0 Å². The number of hydrogen-bond acceptors (Lipinski definition) is 4. The standard InChI is InChI=1S/C9H4F6O2.2C9H6F5O.Bi/c10-8(11,12)5-1-4(7(16)17)2-6(3-5)9(13,14)15;2*10-8(11)6-1-5(4-15)2-7(3-6)9(12,13)14;/h1-3H,(H,16,17);2*1-3,8H,4H2;/q;2*-1;+3/p-1. The zero-order valence-electron chi connectivity index (χ0n) is 22.9. The number of alkyl halides is 16. The van der Waals surface area contributed by atoms with Gasteiger partial charge >= 0.3 is 268 Å². The van der Waals surface area contributed by atoms with Crippen molar-refractivity contribution in [2.45, 2.75) is 50.8 Å². The van der Waals surface area contributed by atoms with Crippen molar-refractivity contribution < 1.29 is 83.5 Å².